The summed E-state index contributed by atoms with van der Waals surface area (Å²) in [6.07, 6.45) is 1.73. The second-order valence-electron chi connectivity index (χ2n) is 5.02. The smallest absolute Gasteiger partial charge is 0.244 e. The van der Waals surface area contributed by atoms with E-state index in [-0.39, 0.29) is 12.5 Å². The Labute approximate surface area is 105 Å². The zero-order valence-electron chi connectivity index (χ0n) is 10.6. The van der Waals surface area contributed by atoms with Gasteiger partial charge in [-0.3, -0.25) is 4.79 Å². The molecule has 0 aliphatic carbocycles. The van der Waals surface area contributed by atoms with Crippen molar-refractivity contribution in [2.75, 3.05) is 13.1 Å². The summed E-state index contributed by atoms with van der Waals surface area (Å²) in [4.78, 5) is 18.2. The van der Waals surface area contributed by atoms with Crippen LogP contribution in [0.5, 0.6) is 0 Å². The summed E-state index contributed by atoms with van der Waals surface area (Å²) >= 11 is 0. The Kier molecular flexibility index (Phi) is 2.54. The van der Waals surface area contributed by atoms with Crippen LogP contribution in [0.15, 0.2) is 18.3 Å². The van der Waals surface area contributed by atoms with Gasteiger partial charge >= 0.3 is 0 Å². The van der Waals surface area contributed by atoms with Crippen molar-refractivity contribution in [3.63, 3.8) is 0 Å². The lowest BCUT2D eigenvalue weighted by Crippen LogP contribution is -2.49. The minimum atomic E-state index is 0.128. The van der Waals surface area contributed by atoms with Gasteiger partial charge in [0.25, 0.3) is 0 Å². The number of carbonyl (C=O) groups is 1. The summed E-state index contributed by atoms with van der Waals surface area (Å²) in [7, 11) is 0. The molecule has 3 heterocycles. The Bertz CT molecular complexity index is 598. The number of amides is 1. The van der Waals surface area contributed by atoms with Crippen molar-refractivity contribution in [1.82, 2.24) is 19.7 Å². The van der Waals surface area contributed by atoms with Gasteiger partial charge in [-0.05, 0) is 25.0 Å². The molecular formula is C13H16N4O. The number of hydrogen-bond acceptors (Lipinski definition) is 3. The molecule has 0 spiro atoms. The van der Waals surface area contributed by atoms with Gasteiger partial charge in [-0.2, -0.15) is 5.10 Å². The number of fused-ring (bicyclic) bond motifs is 1. The minimum absolute atomic E-state index is 0.128. The molecule has 0 atom stereocenters. The van der Waals surface area contributed by atoms with Crippen molar-refractivity contribution in [2.45, 2.75) is 20.4 Å². The number of rotatable bonds is 2. The summed E-state index contributed by atoms with van der Waals surface area (Å²) < 4.78 is 1.70. The van der Waals surface area contributed by atoms with E-state index in [1.165, 1.54) is 0 Å². The molecule has 94 valence electrons. The highest BCUT2D eigenvalue weighted by molar-refractivity contribution is 5.81. The second kappa shape index (κ2) is 4.08. The first-order chi connectivity index (χ1) is 8.65. The molecule has 1 saturated heterocycles. The number of aromatic nitrogens is 3. The third-order valence-electron chi connectivity index (χ3n) is 3.39. The van der Waals surface area contributed by atoms with E-state index in [9.17, 15) is 4.79 Å². The van der Waals surface area contributed by atoms with Gasteiger partial charge in [0, 0.05) is 24.7 Å². The predicted molar refractivity (Wildman–Crippen MR) is 68.0 cm³/mol. The number of carbonyl (C=O) groups excluding carboxylic acids is 1. The van der Waals surface area contributed by atoms with Crippen LogP contribution in [0.4, 0.5) is 0 Å². The lowest BCUT2D eigenvalue weighted by atomic mass is 10.0. The summed E-state index contributed by atoms with van der Waals surface area (Å²) in [6.45, 7) is 6.11. The largest absolute Gasteiger partial charge is 0.340 e. The Morgan fingerprint density at radius 1 is 1.50 bits per heavy atom. The van der Waals surface area contributed by atoms with E-state index in [1.54, 1.807) is 10.9 Å². The first-order valence-electron chi connectivity index (χ1n) is 6.21. The van der Waals surface area contributed by atoms with Crippen LogP contribution in [0.3, 0.4) is 0 Å². The van der Waals surface area contributed by atoms with Crippen LogP contribution in [-0.2, 0) is 11.3 Å². The first-order valence-corrected chi connectivity index (χ1v) is 6.21. The standard InChI is InChI=1S/C13H16N4O/c1-9-6-16(7-9)12(18)8-17-13-11(10(2)15-17)4-3-5-14-13/h3-5,9H,6-8H2,1-2H3. The number of nitrogens with zero attached hydrogens (tertiary/aromatic N) is 4. The van der Waals surface area contributed by atoms with Crippen molar-refractivity contribution in [1.29, 1.82) is 0 Å². The molecule has 0 bridgehead atoms. The molecule has 1 fully saturated rings. The van der Waals surface area contributed by atoms with Crippen LogP contribution in [0, 0.1) is 12.8 Å². The Balaban J connectivity index is 1.84. The topological polar surface area (TPSA) is 51.0 Å². The maximum Gasteiger partial charge on any atom is 0.244 e. The molecule has 2 aromatic rings. The molecule has 5 nitrogen and oxygen atoms in total. The maximum atomic E-state index is 12.0. The van der Waals surface area contributed by atoms with Gasteiger partial charge in [-0.15, -0.1) is 0 Å². The van der Waals surface area contributed by atoms with Gasteiger partial charge in [0.05, 0.1) is 5.69 Å². The molecule has 1 amide bonds. The van der Waals surface area contributed by atoms with Gasteiger partial charge in [0.2, 0.25) is 5.91 Å². The number of hydrogen-bond donors (Lipinski definition) is 0. The van der Waals surface area contributed by atoms with Gasteiger partial charge in [0.1, 0.15) is 6.54 Å². The molecule has 5 heteroatoms. The van der Waals surface area contributed by atoms with Crippen LogP contribution in [0.25, 0.3) is 11.0 Å². The van der Waals surface area contributed by atoms with E-state index in [1.807, 2.05) is 24.0 Å². The summed E-state index contributed by atoms with van der Waals surface area (Å²) in [5.74, 6) is 0.756. The van der Waals surface area contributed by atoms with Crippen molar-refractivity contribution < 1.29 is 4.79 Å². The van der Waals surface area contributed by atoms with Gasteiger partial charge in [-0.1, -0.05) is 6.92 Å². The highest BCUT2D eigenvalue weighted by atomic mass is 16.2. The van der Waals surface area contributed by atoms with E-state index >= 15 is 0 Å². The van der Waals surface area contributed by atoms with Gasteiger partial charge in [0.15, 0.2) is 5.65 Å². The van der Waals surface area contributed by atoms with E-state index in [0.29, 0.717) is 5.92 Å². The van der Waals surface area contributed by atoms with Crippen LogP contribution in [0.1, 0.15) is 12.6 Å². The summed E-state index contributed by atoms with van der Waals surface area (Å²) in [5, 5.41) is 5.41. The Morgan fingerprint density at radius 2 is 2.28 bits per heavy atom. The molecule has 0 saturated carbocycles. The van der Waals surface area contributed by atoms with Crippen LogP contribution >= 0.6 is 0 Å². The van der Waals surface area contributed by atoms with E-state index in [4.69, 9.17) is 0 Å². The SMILES string of the molecule is Cc1nn(CC(=O)N2CC(C)C2)c2ncccc12. The zero-order chi connectivity index (χ0) is 12.7. The fraction of sp³-hybridized carbons (Fsp3) is 0.462. The third-order valence-corrected chi connectivity index (χ3v) is 3.39. The van der Waals surface area contributed by atoms with E-state index in [0.717, 1.165) is 29.8 Å². The summed E-state index contributed by atoms with van der Waals surface area (Å²) in [6, 6.07) is 3.87. The molecule has 18 heavy (non-hydrogen) atoms. The minimum Gasteiger partial charge on any atom is -0.340 e. The average Bonchev–Trinajstić information content (AvgIpc) is 2.63. The molecule has 0 radical (unpaired) electrons. The zero-order valence-corrected chi connectivity index (χ0v) is 10.6. The highest BCUT2D eigenvalue weighted by Gasteiger charge is 2.27. The van der Waals surface area contributed by atoms with Gasteiger partial charge in [-0.25, -0.2) is 9.67 Å². The lowest BCUT2D eigenvalue weighted by Gasteiger charge is -2.37. The number of pyridine rings is 1. The normalized spacial score (nSPS) is 16.0. The van der Waals surface area contributed by atoms with Gasteiger partial charge < -0.3 is 4.90 Å². The maximum absolute atomic E-state index is 12.0. The average molecular weight is 244 g/mol. The Hall–Kier alpha value is -1.91. The van der Waals surface area contributed by atoms with Crippen LogP contribution < -0.4 is 0 Å². The van der Waals surface area contributed by atoms with E-state index in [2.05, 4.69) is 17.0 Å². The molecule has 0 aromatic carbocycles. The fourth-order valence-corrected chi connectivity index (χ4v) is 2.41. The second-order valence-corrected chi connectivity index (χ2v) is 5.02. The van der Waals surface area contributed by atoms with Crippen molar-refractivity contribution in [3.05, 3.63) is 24.0 Å². The molecular weight excluding hydrogens is 228 g/mol. The highest BCUT2D eigenvalue weighted by Crippen LogP contribution is 2.17. The lowest BCUT2D eigenvalue weighted by molar-refractivity contribution is -0.137. The number of likely N-dealkylation sites (tertiary alicyclic amines) is 1. The monoisotopic (exact) mass is 244 g/mol. The third kappa shape index (κ3) is 1.75. The van der Waals surface area contributed by atoms with E-state index < -0.39 is 0 Å². The fourth-order valence-electron chi connectivity index (χ4n) is 2.41. The molecule has 2 aromatic heterocycles. The molecule has 1 aliphatic rings. The summed E-state index contributed by atoms with van der Waals surface area (Å²) in [5.41, 5.74) is 1.71. The van der Waals surface area contributed by atoms with Crippen molar-refractivity contribution in [3.8, 4) is 0 Å². The molecule has 0 unspecified atom stereocenters. The van der Waals surface area contributed by atoms with Crippen molar-refractivity contribution >= 4 is 16.9 Å². The van der Waals surface area contributed by atoms with Crippen LogP contribution in [-0.4, -0.2) is 38.7 Å². The quantitative estimate of drug-likeness (QED) is 0.798. The first kappa shape index (κ1) is 11.2. The molecule has 0 N–H and O–H groups in total. The number of aryl methyl sites for hydroxylation is 1. The molecule has 3 rings (SSSR count). The predicted octanol–water partition coefficient (Wildman–Crippen LogP) is 1.22. The van der Waals surface area contributed by atoms with Crippen molar-refractivity contribution in [2.24, 2.45) is 5.92 Å². The Morgan fingerprint density at radius 3 is 3.00 bits per heavy atom. The molecule has 1 aliphatic heterocycles. The van der Waals surface area contributed by atoms with Crippen LogP contribution in [0.2, 0.25) is 0 Å².